The summed E-state index contributed by atoms with van der Waals surface area (Å²) in [6.45, 7) is -0.0802. The smallest absolute Gasteiger partial charge is 0.156 e. The van der Waals surface area contributed by atoms with Gasteiger partial charge in [-0.3, -0.25) is 9.38 Å². The van der Waals surface area contributed by atoms with Gasteiger partial charge in [-0.1, -0.05) is 23.7 Å². The van der Waals surface area contributed by atoms with Crippen molar-refractivity contribution in [1.82, 2.24) is 14.4 Å². The Kier molecular flexibility index (Phi) is 2.74. The Morgan fingerprint density at radius 2 is 2.00 bits per heavy atom. The van der Waals surface area contributed by atoms with Crippen molar-refractivity contribution in [3.8, 4) is 11.3 Å². The maximum atomic E-state index is 9.51. The maximum Gasteiger partial charge on any atom is 0.156 e. The molecule has 1 N–H and O–H groups in total. The first kappa shape index (κ1) is 11.2. The Morgan fingerprint density at radius 3 is 2.72 bits per heavy atom. The van der Waals surface area contributed by atoms with Gasteiger partial charge in [-0.15, -0.1) is 0 Å². The van der Waals surface area contributed by atoms with E-state index < -0.39 is 0 Å². The number of hydrogen-bond donors (Lipinski definition) is 1. The molecule has 0 spiro atoms. The minimum absolute atomic E-state index is 0.0802. The zero-order valence-corrected chi connectivity index (χ0v) is 10.2. The van der Waals surface area contributed by atoms with Crippen molar-refractivity contribution in [3.05, 3.63) is 53.6 Å². The first-order chi connectivity index (χ1) is 8.79. The molecular formula is C13H10ClN3O. The number of aliphatic hydroxyl groups is 1. The van der Waals surface area contributed by atoms with Gasteiger partial charge in [0.1, 0.15) is 0 Å². The molecule has 3 aromatic rings. The lowest BCUT2D eigenvalue weighted by molar-refractivity contribution is 0.276. The number of nitrogens with zero attached hydrogens (tertiary/aromatic N) is 3. The summed E-state index contributed by atoms with van der Waals surface area (Å²) in [4.78, 5) is 8.50. The highest BCUT2D eigenvalue weighted by Crippen LogP contribution is 2.25. The van der Waals surface area contributed by atoms with Crippen LogP contribution in [0.1, 0.15) is 5.69 Å². The van der Waals surface area contributed by atoms with Crippen molar-refractivity contribution < 1.29 is 5.11 Å². The van der Waals surface area contributed by atoms with Crippen molar-refractivity contribution >= 4 is 17.2 Å². The third kappa shape index (κ3) is 1.75. The van der Waals surface area contributed by atoms with Gasteiger partial charge in [0.25, 0.3) is 0 Å². The zero-order chi connectivity index (χ0) is 12.5. The number of imidazole rings is 1. The van der Waals surface area contributed by atoms with Crippen molar-refractivity contribution in [2.75, 3.05) is 0 Å². The van der Waals surface area contributed by atoms with Crippen LogP contribution in [-0.4, -0.2) is 19.5 Å². The lowest BCUT2D eigenvalue weighted by atomic mass is 10.1. The molecule has 1 aromatic carbocycles. The fourth-order valence-electron chi connectivity index (χ4n) is 1.95. The van der Waals surface area contributed by atoms with E-state index in [0.29, 0.717) is 10.7 Å². The molecule has 0 aliphatic rings. The second-order valence-corrected chi connectivity index (χ2v) is 4.31. The Balaban J connectivity index is 2.25. The number of aromatic nitrogens is 3. The predicted octanol–water partition coefficient (Wildman–Crippen LogP) is 2.54. The van der Waals surface area contributed by atoms with Gasteiger partial charge in [-0.05, 0) is 12.1 Å². The van der Waals surface area contributed by atoms with E-state index >= 15 is 0 Å². The van der Waals surface area contributed by atoms with Crippen LogP contribution >= 0.6 is 11.6 Å². The Hall–Kier alpha value is -1.91. The molecule has 0 saturated heterocycles. The summed E-state index contributed by atoms with van der Waals surface area (Å²) in [7, 11) is 0. The molecule has 0 radical (unpaired) electrons. The van der Waals surface area contributed by atoms with Gasteiger partial charge in [-0.25, -0.2) is 4.98 Å². The predicted molar refractivity (Wildman–Crippen MR) is 69.4 cm³/mol. The molecule has 0 aliphatic heterocycles. The normalized spacial score (nSPS) is 11.0. The van der Waals surface area contributed by atoms with Crippen molar-refractivity contribution in [3.63, 3.8) is 0 Å². The molecule has 0 fully saturated rings. The van der Waals surface area contributed by atoms with E-state index in [2.05, 4.69) is 9.97 Å². The van der Waals surface area contributed by atoms with E-state index in [0.717, 1.165) is 17.0 Å². The summed E-state index contributed by atoms with van der Waals surface area (Å²) in [6, 6.07) is 7.38. The summed E-state index contributed by atoms with van der Waals surface area (Å²) in [6.07, 6.45) is 5.12. The highest BCUT2D eigenvalue weighted by atomic mass is 35.5. The van der Waals surface area contributed by atoms with Crippen LogP contribution in [0, 0.1) is 0 Å². The summed E-state index contributed by atoms with van der Waals surface area (Å²) in [5.74, 6) is 0. The van der Waals surface area contributed by atoms with Crippen LogP contribution in [0.4, 0.5) is 0 Å². The van der Waals surface area contributed by atoms with Crippen LogP contribution in [0.2, 0.25) is 5.02 Å². The molecule has 0 saturated carbocycles. The van der Waals surface area contributed by atoms with E-state index in [4.69, 9.17) is 11.6 Å². The van der Waals surface area contributed by atoms with Gasteiger partial charge >= 0.3 is 0 Å². The Bertz CT molecular complexity index is 691. The first-order valence-corrected chi connectivity index (χ1v) is 5.85. The van der Waals surface area contributed by atoms with E-state index in [9.17, 15) is 5.11 Å². The number of benzene rings is 1. The molecule has 4 nitrogen and oxygen atoms in total. The molecule has 0 atom stereocenters. The fraction of sp³-hybridized carbons (Fsp3) is 0.0769. The maximum absolute atomic E-state index is 9.51. The molecule has 3 rings (SSSR count). The van der Waals surface area contributed by atoms with E-state index in [1.165, 1.54) is 0 Å². The number of fused-ring (bicyclic) bond motifs is 1. The zero-order valence-electron chi connectivity index (χ0n) is 9.42. The molecular weight excluding hydrogens is 250 g/mol. The van der Waals surface area contributed by atoms with E-state index in [1.807, 2.05) is 16.5 Å². The van der Waals surface area contributed by atoms with Crippen LogP contribution < -0.4 is 0 Å². The second-order valence-electron chi connectivity index (χ2n) is 3.88. The lowest BCUT2D eigenvalue weighted by Gasteiger charge is -2.01. The van der Waals surface area contributed by atoms with Crippen LogP contribution in [0.25, 0.3) is 16.9 Å². The minimum atomic E-state index is -0.0802. The quantitative estimate of drug-likeness (QED) is 0.769. The third-order valence-electron chi connectivity index (χ3n) is 2.80. The fourth-order valence-corrected chi connectivity index (χ4v) is 2.07. The molecule has 0 bridgehead atoms. The van der Waals surface area contributed by atoms with Gasteiger partial charge in [0.2, 0.25) is 0 Å². The van der Waals surface area contributed by atoms with Gasteiger partial charge < -0.3 is 5.11 Å². The van der Waals surface area contributed by atoms with Crippen LogP contribution in [-0.2, 0) is 6.61 Å². The standard InChI is InChI=1S/C13H10ClN3O/c14-10-3-1-9(2-4-10)13-11(8-18)17-6-5-15-7-12(17)16-13/h1-7,18H,8H2. The monoisotopic (exact) mass is 259 g/mol. The average Bonchev–Trinajstić information content (AvgIpc) is 2.78. The Morgan fingerprint density at radius 1 is 1.22 bits per heavy atom. The topological polar surface area (TPSA) is 50.4 Å². The SMILES string of the molecule is OCc1c(-c2ccc(Cl)cc2)nc2cnccn12. The molecule has 90 valence electrons. The van der Waals surface area contributed by atoms with Crippen molar-refractivity contribution in [2.45, 2.75) is 6.61 Å². The molecule has 0 amide bonds. The van der Waals surface area contributed by atoms with Gasteiger partial charge in [-0.2, -0.15) is 0 Å². The molecule has 5 heteroatoms. The van der Waals surface area contributed by atoms with E-state index in [1.54, 1.807) is 30.7 Å². The first-order valence-electron chi connectivity index (χ1n) is 5.47. The van der Waals surface area contributed by atoms with Crippen LogP contribution in [0.3, 0.4) is 0 Å². The molecule has 2 heterocycles. The summed E-state index contributed by atoms with van der Waals surface area (Å²) in [5, 5.41) is 10.2. The Labute approximate surface area is 109 Å². The second kappa shape index (κ2) is 4.40. The lowest BCUT2D eigenvalue weighted by Crippen LogP contribution is -1.94. The van der Waals surface area contributed by atoms with Gasteiger partial charge in [0.05, 0.1) is 24.2 Å². The van der Waals surface area contributed by atoms with Crippen molar-refractivity contribution in [1.29, 1.82) is 0 Å². The average molecular weight is 260 g/mol. The highest BCUT2D eigenvalue weighted by molar-refractivity contribution is 6.30. The summed E-state index contributed by atoms with van der Waals surface area (Å²) >= 11 is 5.87. The summed E-state index contributed by atoms with van der Waals surface area (Å²) < 4.78 is 1.83. The van der Waals surface area contributed by atoms with E-state index in [-0.39, 0.29) is 6.61 Å². The number of aliphatic hydroxyl groups excluding tert-OH is 1. The van der Waals surface area contributed by atoms with Gasteiger partial charge in [0.15, 0.2) is 5.65 Å². The van der Waals surface area contributed by atoms with Gasteiger partial charge in [0, 0.05) is 23.0 Å². The molecule has 0 unspecified atom stereocenters. The van der Waals surface area contributed by atoms with Crippen molar-refractivity contribution in [2.24, 2.45) is 0 Å². The third-order valence-corrected chi connectivity index (χ3v) is 3.05. The highest BCUT2D eigenvalue weighted by Gasteiger charge is 2.12. The molecule has 0 aliphatic carbocycles. The largest absolute Gasteiger partial charge is 0.390 e. The molecule has 18 heavy (non-hydrogen) atoms. The minimum Gasteiger partial charge on any atom is -0.390 e. The van der Waals surface area contributed by atoms with Crippen LogP contribution in [0.5, 0.6) is 0 Å². The number of rotatable bonds is 2. The van der Waals surface area contributed by atoms with Crippen LogP contribution in [0.15, 0.2) is 42.9 Å². The number of halogens is 1. The summed E-state index contributed by atoms with van der Waals surface area (Å²) in [5.41, 5.74) is 3.13. The number of hydrogen-bond acceptors (Lipinski definition) is 3. The molecule has 2 aromatic heterocycles.